The van der Waals surface area contributed by atoms with Gasteiger partial charge in [0, 0.05) is 11.5 Å². The van der Waals surface area contributed by atoms with Gasteiger partial charge in [-0.15, -0.1) is 0 Å². The summed E-state index contributed by atoms with van der Waals surface area (Å²) in [6.45, 7) is 3.04. The Kier molecular flexibility index (Phi) is 5.32. The summed E-state index contributed by atoms with van der Waals surface area (Å²) in [5.74, 6) is 0.524. The van der Waals surface area contributed by atoms with Crippen molar-refractivity contribution in [3.05, 3.63) is 48.4 Å². The van der Waals surface area contributed by atoms with Crippen LogP contribution in [0.4, 0.5) is 4.39 Å². The smallest absolute Gasteiger partial charge is 0.213 e. The monoisotopic (exact) mass is 365 g/mol. The Bertz CT molecular complexity index is 807. The molecule has 0 radical (unpaired) electrons. The Balaban J connectivity index is 0.00000176. The van der Waals surface area contributed by atoms with Crippen molar-refractivity contribution in [3.8, 4) is 5.75 Å². The standard InChI is InChI=1S/C17H17FNO2.BrH/c1-2-21-14-4-5-15-12(9-14)11-19(7-8-20)17-6-3-13(18)10-16(15)17;/h3-6,9-11,20H,2,7-8H2,1H3;1H/q+1;/p-1. The predicted octanol–water partition coefficient (Wildman–Crippen LogP) is -0.185. The van der Waals surface area contributed by atoms with Crippen molar-refractivity contribution in [2.24, 2.45) is 0 Å². The molecule has 1 heterocycles. The van der Waals surface area contributed by atoms with E-state index in [1.807, 2.05) is 35.9 Å². The lowest BCUT2D eigenvalue weighted by molar-refractivity contribution is -0.671. The summed E-state index contributed by atoms with van der Waals surface area (Å²) < 4.78 is 21.1. The summed E-state index contributed by atoms with van der Waals surface area (Å²) in [5.41, 5.74) is 0.905. The Hall–Kier alpha value is -1.72. The van der Waals surface area contributed by atoms with E-state index in [1.54, 1.807) is 6.07 Å². The summed E-state index contributed by atoms with van der Waals surface area (Å²) in [7, 11) is 0. The van der Waals surface area contributed by atoms with E-state index in [9.17, 15) is 9.50 Å². The minimum Gasteiger partial charge on any atom is -1.00 e. The zero-order valence-electron chi connectivity index (χ0n) is 12.2. The first-order valence-electron chi connectivity index (χ1n) is 7.02. The van der Waals surface area contributed by atoms with E-state index in [0.29, 0.717) is 13.2 Å². The highest BCUT2D eigenvalue weighted by molar-refractivity contribution is 6.04. The number of pyridine rings is 1. The maximum Gasteiger partial charge on any atom is 0.213 e. The second-order valence-electron chi connectivity index (χ2n) is 4.89. The Labute approximate surface area is 138 Å². The average Bonchev–Trinajstić information content (AvgIpc) is 2.47. The van der Waals surface area contributed by atoms with Crippen molar-refractivity contribution in [1.82, 2.24) is 0 Å². The van der Waals surface area contributed by atoms with Crippen LogP contribution in [-0.4, -0.2) is 18.3 Å². The number of ether oxygens (including phenoxy) is 1. The highest BCUT2D eigenvalue weighted by Gasteiger charge is 2.14. The number of aliphatic hydroxyl groups is 1. The largest absolute Gasteiger partial charge is 1.00 e. The third-order valence-electron chi connectivity index (χ3n) is 3.53. The van der Waals surface area contributed by atoms with Crippen molar-refractivity contribution >= 4 is 21.7 Å². The van der Waals surface area contributed by atoms with Gasteiger partial charge in [-0.1, -0.05) is 0 Å². The molecule has 0 aliphatic rings. The molecule has 0 unspecified atom stereocenters. The molecule has 0 bridgehead atoms. The molecule has 0 spiro atoms. The lowest BCUT2D eigenvalue weighted by Crippen LogP contribution is -3.00. The lowest BCUT2D eigenvalue weighted by atomic mass is 10.1. The average molecular weight is 366 g/mol. The van der Waals surface area contributed by atoms with Gasteiger partial charge in [0.1, 0.15) is 18.2 Å². The number of benzene rings is 2. The SMILES string of the molecule is CCOc1ccc2c(c1)c[n+](CCO)c1ccc(F)cc21.[Br-]. The van der Waals surface area contributed by atoms with Crippen molar-refractivity contribution in [2.75, 3.05) is 13.2 Å². The fourth-order valence-corrected chi connectivity index (χ4v) is 2.65. The molecule has 0 atom stereocenters. The van der Waals surface area contributed by atoms with Crippen LogP contribution in [0.2, 0.25) is 0 Å². The van der Waals surface area contributed by atoms with Gasteiger partial charge in [-0.25, -0.2) is 4.39 Å². The molecule has 22 heavy (non-hydrogen) atoms. The number of rotatable bonds is 4. The summed E-state index contributed by atoms with van der Waals surface area (Å²) in [5, 5.41) is 12.0. The number of aliphatic hydroxyl groups excluding tert-OH is 1. The van der Waals surface area contributed by atoms with Crippen molar-refractivity contribution < 1.29 is 35.8 Å². The molecule has 0 aliphatic carbocycles. The zero-order chi connectivity index (χ0) is 14.8. The maximum atomic E-state index is 13.6. The Morgan fingerprint density at radius 2 is 1.95 bits per heavy atom. The van der Waals surface area contributed by atoms with E-state index >= 15 is 0 Å². The lowest BCUT2D eigenvalue weighted by Gasteiger charge is -2.07. The van der Waals surface area contributed by atoms with Crippen LogP contribution in [-0.2, 0) is 6.54 Å². The van der Waals surface area contributed by atoms with Crippen LogP contribution in [0.1, 0.15) is 6.92 Å². The fraction of sp³-hybridized carbons (Fsp3) is 0.235. The molecular weight excluding hydrogens is 349 g/mol. The van der Waals surface area contributed by atoms with Gasteiger partial charge in [0.15, 0.2) is 12.7 Å². The predicted molar refractivity (Wildman–Crippen MR) is 79.9 cm³/mol. The minimum absolute atomic E-state index is 0. The molecular formula is C17H17BrFNO2. The van der Waals surface area contributed by atoms with E-state index in [2.05, 4.69) is 0 Å². The van der Waals surface area contributed by atoms with Gasteiger partial charge < -0.3 is 26.8 Å². The molecule has 5 heteroatoms. The van der Waals surface area contributed by atoms with Gasteiger partial charge in [-0.05, 0) is 37.3 Å². The first-order chi connectivity index (χ1) is 10.2. The topological polar surface area (TPSA) is 33.3 Å². The van der Waals surface area contributed by atoms with Crippen LogP contribution in [0.5, 0.6) is 5.75 Å². The molecule has 3 nitrogen and oxygen atoms in total. The highest BCUT2D eigenvalue weighted by atomic mass is 79.9. The Morgan fingerprint density at radius 3 is 2.68 bits per heavy atom. The van der Waals surface area contributed by atoms with Crippen molar-refractivity contribution in [2.45, 2.75) is 13.5 Å². The maximum absolute atomic E-state index is 13.6. The fourth-order valence-electron chi connectivity index (χ4n) is 2.65. The number of hydrogen-bond donors (Lipinski definition) is 1. The first-order valence-corrected chi connectivity index (χ1v) is 7.02. The molecule has 0 saturated heterocycles. The molecule has 0 fully saturated rings. The van der Waals surface area contributed by atoms with Crippen LogP contribution in [0.3, 0.4) is 0 Å². The van der Waals surface area contributed by atoms with Gasteiger partial charge in [-0.2, -0.15) is 4.57 Å². The minimum atomic E-state index is -0.264. The third kappa shape index (κ3) is 3.05. The van der Waals surface area contributed by atoms with E-state index in [4.69, 9.17) is 4.74 Å². The van der Waals surface area contributed by atoms with Crippen molar-refractivity contribution in [1.29, 1.82) is 0 Å². The Morgan fingerprint density at radius 1 is 1.14 bits per heavy atom. The summed E-state index contributed by atoms with van der Waals surface area (Å²) in [6, 6.07) is 10.5. The zero-order valence-corrected chi connectivity index (χ0v) is 13.8. The highest BCUT2D eigenvalue weighted by Crippen LogP contribution is 2.26. The van der Waals surface area contributed by atoms with Crippen LogP contribution < -0.4 is 26.3 Å². The quantitative estimate of drug-likeness (QED) is 0.513. The van der Waals surface area contributed by atoms with Crippen LogP contribution in [0.15, 0.2) is 42.6 Å². The van der Waals surface area contributed by atoms with Gasteiger partial charge in [-0.3, -0.25) is 0 Å². The molecule has 1 N–H and O–H groups in total. The second-order valence-corrected chi connectivity index (χ2v) is 4.89. The number of hydrogen-bond acceptors (Lipinski definition) is 2. The van der Waals surface area contributed by atoms with E-state index in [1.165, 1.54) is 12.1 Å². The van der Waals surface area contributed by atoms with E-state index in [0.717, 1.165) is 27.4 Å². The number of fused-ring (bicyclic) bond motifs is 3. The summed E-state index contributed by atoms with van der Waals surface area (Å²) in [6.07, 6.45) is 1.97. The summed E-state index contributed by atoms with van der Waals surface area (Å²) in [4.78, 5) is 0. The van der Waals surface area contributed by atoms with Crippen LogP contribution in [0.25, 0.3) is 21.7 Å². The first kappa shape index (κ1) is 16.6. The molecule has 0 amide bonds. The summed E-state index contributed by atoms with van der Waals surface area (Å²) >= 11 is 0. The number of halogens is 2. The molecule has 2 aromatic carbocycles. The normalized spacial score (nSPS) is 10.7. The molecule has 3 aromatic rings. The van der Waals surface area contributed by atoms with Gasteiger partial charge in [0.25, 0.3) is 0 Å². The molecule has 3 rings (SSSR count). The molecule has 116 valence electrons. The molecule has 0 aliphatic heterocycles. The van der Waals surface area contributed by atoms with E-state index < -0.39 is 0 Å². The van der Waals surface area contributed by atoms with Crippen LogP contribution >= 0.6 is 0 Å². The van der Waals surface area contributed by atoms with Gasteiger partial charge in [0.05, 0.1) is 17.4 Å². The molecule has 1 aromatic heterocycles. The number of nitrogens with zero attached hydrogens (tertiary/aromatic N) is 1. The van der Waals surface area contributed by atoms with Gasteiger partial charge in [0.2, 0.25) is 5.52 Å². The van der Waals surface area contributed by atoms with Crippen molar-refractivity contribution in [3.63, 3.8) is 0 Å². The van der Waals surface area contributed by atoms with E-state index in [-0.39, 0.29) is 29.4 Å². The second kappa shape index (κ2) is 7.03. The number of aromatic nitrogens is 1. The van der Waals surface area contributed by atoms with Gasteiger partial charge >= 0.3 is 0 Å². The molecule has 0 saturated carbocycles. The van der Waals surface area contributed by atoms with Crippen LogP contribution in [0, 0.1) is 5.82 Å². The third-order valence-corrected chi connectivity index (χ3v) is 3.53.